The van der Waals surface area contributed by atoms with Crippen LogP contribution in [-0.2, 0) is 19.8 Å². The molecule has 1 fully saturated rings. The maximum Gasteiger partial charge on any atom is 0.416 e. The number of fused-ring (bicyclic) bond motifs is 3. The number of anilines is 2. The number of rotatable bonds is 4. The number of hydrogen-bond donors (Lipinski definition) is 2. The van der Waals surface area contributed by atoms with Crippen molar-refractivity contribution < 1.29 is 17.7 Å². The first-order valence-electron chi connectivity index (χ1n) is 11.9. The number of thioether (sulfide) groups is 1. The van der Waals surface area contributed by atoms with Gasteiger partial charge in [0, 0.05) is 4.90 Å². The van der Waals surface area contributed by atoms with Crippen molar-refractivity contribution in [3.05, 3.63) is 81.6 Å². The predicted octanol–water partition coefficient (Wildman–Crippen LogP) is 4.92. The molecule has 0 spiro atoms. The van der Waals surface area contributed by atoms with Crippen LogP contribution in [0.25, 0.3) is 0 Å². The number of alkyl halides is 3. The third-order valence-corrected chi connectivity index (χ3v) is 7.85. The number of nitrogen functional groups attached to an aromatic ring is 1. The van der Waals surface area contributed by atoms with Gasteiger partial charge in [0.2, 0.25) is 5.82 Å². The summed E-state index contributed by atoms with van der Waals surface area (Å²) < 4.78 is 42.5. The number of nitrogens with two attached hydrogens (primary N) is 1. The van der Waals surface area contributed by atoms with E-state index < -0.39 is 11.7 Å². The zero-order valence-electron chi connectivity index (χ0n) is 19.8. The van der Waals surface area contributed by atoms with Crippen molar-refractivity contribution in [3.8, 4) is 0 Å². The molecule has 2 aromatic carbocycles. The number of halogens is 3. The summed E-state index contributed by atoms with van der Waals surface area (Å²) in [5.74, 6) is 1.06. The van der Waals surface area contributed by atoms with Crippen LogP contribution in [0.5, 0.6) is 0 Å². The summed E-state index contributed by atoms with van der Waals surface area (Å²) >= 11 is 1.32. The fraction of sp³-hybridized carbons (Fsp3) is 0.346. The second-order valence-electron chi connectivity index (χ2n) is 9.15. The highest BCUT2D eigenvalue weighted by Gasteiger charge is 2.43. The van der Waals surface area contributed by atoms with E-state index in [1.54, 1.807) is 11.6 Å². The van der Waals surface area contributed by atoms with E-state index in [9.17, 15) is 18.0 Å². The minimum atomic E-state index is -4.40. The fourth-order valence-electron chi connectivity index (χ4n) is 4.95. The Kier molecular flexibility index (Phi) is 6.55. The first-order valence-corrected chi connectivity index (χ1v) is 12.7. The molecule has 3 N–H and O–H groups in total. The van der Waals surface area contributed by atoms with E-state index in [1.165, 1.54) is 23.9 Å². The average Bonchev–Trinajstić information content (AvgIpc) is 3.26. The molecule has 10 heteroatoms. The SMILES string of the molecule is Cn1c2[n+](c(N)c(C(=NCc3ccc(C(F)(F)F)cc3)Sc3ccccc3)c1=O)C1CCCCC1N2. The van der Waals surface area contributed by atoms with Crippen molar-refractivity contribution in [2.24, 2.45) is 12.0 Å². The molecule has 1 aliphatic heterocycles. The Morgan fingerprint density at radius 1 is 1.14 bits per heavy atom. The van der Waals surface area contributed by atoms with Gasteiger partial charge in [0.25, 0.3) is 0 Å². The van der Waals surface area contributed by atoms with E-state index in [1.807, 2.05) is 34.9 Å². The average molecular weight is 515 g/mol. The Labute approximate surface area is 211 Å². The van der Waals surface area contributed by atoms with E-state index in [2.05, 4.69) is 5.32 Å². The second-order valence-corrected chi connectivity index (χ2v) is 10.2. The van der Waals surface area contributed by atoms with Gasteiger partial charge >= 0.3 is 17.7 Å². The number of nitrogens with one attached hydrogen (secondary N) is 1. The lowest BCUT2D eigenvalue weighted by Gasteiger charge is -2.23. The highest BCUT2D eigenvalue weighted by Crippen LogP contribution is 2.34. The molecule has 2 atom stereocenters. The Morgan fingerprint density at radius 3 is 2.53 bits per heavy atom. The molecule has 2 unspecified atom stereocenters. The van der Waals surface area contributed by atoms with Gasteiger partial charge in [-0.15, -0.1) is 0 Å². The molecule has 5 rings (SSSR count). The molecule has 1 aliphatic carbocycles. The third kappa shape index (κ3) is 4.61. The van der Waals surface area contributed by atoms with Crippen LogP contribution in [-0.4, -0.2) is 15.7 Å². The van der Waals surface area contributed by atoms with Gasteiger partial charge < -0.3 is 5.73 Å². The van der Waals surface area contributed by atoms with Crippen molar-refractivity contribution in [2.45, 2.75) is 55.4 Å². The van der Waals surface area contributed by atoms with Crippen molar-refractivity contribution in [1.29, 1.82) is 0 Å². The maximum atomic E-state index is 13.6. The fourth-order valence-corrected chi connectivity index (χ4v) is 5.89. The van der Waals surface area contributed by atoms with Gasteiger partial charge in [0.05, 0.1) is 25.2 Å². The Morgan fingerprint density at radius 2 is 1.83 bits per heavy atom. The highest BCUT2D eigenvalue weighted by molar-refractivity contribution is 8.14. The minimum absolute atomic E-state index is 0.113. The van der Waals surface area contributed by atoms with E-state index >= 15 is 0 Å². The summed E-state index contributed by atoms with van der Waals surface area (Å²) in [7, 11) is 1.72. The maximum absolute atomic E-state index is 13.6. The van der Waals surface area contributed by atoms with Crippen LogP contribution < -0.4 is 21.2 Å². The minimum Gasteiger partial charge on any atom is -0.334 e. The zero-order valence-corrected chi connectivity index (χ0v) is 20.6. The summed E-state index contributed by atoms with van der Waals surface area (Å²) in [6, 6.07) is 14.8. The first kappa shape index (κ1) is 24.4. The monoisotopic (exact) mass is 514 g/mol. The molecule has 0 amide bonds. The van der Waals surface area contributed by atoms with Crippen molar-refractivity contribution in [2.75, 3.05) is 11.1 Å². The van der Waals surface area contributed by atoms with Crippen molar-refractivity contribution in [1.82, 2.24) is 4.57 Å². The van der Waals surface area contributed by atoms with E-state index in [0.29, 0.717) is 27.9 Å². The van der Waals surface area contributed by atoms with Crippen molar-refractivity contribution >= 4 is 28.6 Å². The topological polar surface area (TPSA) is 76.3 Å². The van der Waals surface area contributed by atoms with Gasteiger partial charge in [0.15, 0.2) is 0 Å². The van der Waals surface area contributed by atoms with Gasteiger partial charge in [-0.2, -0.15) is 13.2 Å². The molecule has 0 radical (unpaired) electrons. The van der Waals surface area contributed by atoms with Crippen LogP contribution in [0.2, 0.25) is 0 Å². The highest BCUT2D eigenvalue weighted by atomic mass is 32.2. The summed E-state index contributed by atoms with van der Waals surface area (Å²) in [4.78, 5) is 19.2. The number of aliphatic imine (C=N–C) groups is 1. The molecular weight excluding hydrogens is 487 g/mol. The summed E-state index contributed by atoms with van der Waals surface area (Å²) in [6.45, 7) is 0.113. The number of hydrogen-bond acceptors (Lipinski definition) is 5. The number of nitrogens with zero attached hydrogens (tertiary/aromatic N) is 3. The van der Waals surface area contributed by atoms with Gasteiger partial charge in [-0.05, 0) is 42.7 Å². The normalized spacial score (nSPS) is 19.5. The summed E-state index contributed by atoms with van der Waals surface area (Å²) in [5, 5.41) is 3.92. The van der Waals surface area contributed by atoms with E-state index in [-0.39, 0.29) is 24.2 Å². The summed E-state index contributed by atoms with van der Waals surface area (Å²) in [6.07, 6.45) is -0.179. The Hall–Kier alpha value is -3.27. The molecule has 36 heavy (non-hydrogen) atoms. The summed E-state index contributed by atoms with van der Waals surface area (Å²) in [5.41, 5.74) is 6.64. The molecule has 3 aromatic rings. The molecule has 0 bridgehead atoms. The molecule has 1 aromatic heterocycles. The molecule has 1 saturated carbocycles. The van der Waals surface area contributed by atoms with Crippen LogP contribution in [0.4, 0.5) is 24.9 Å². The van der Waals surface area contributed by atoms with Crippen LogP contribution in [0.1, 0.15) is 48.4 Å². The molecule has 2 heterocycles. The Balaban J connectivity index is 1.57. The first-order chi connectivity index (χ1) is 17.2. The van der Waals surface area contributed by atoms with Crippen LogP contribution in [0, 0.1) is 0 Å². The molecule has 6 nitrogen and oxygen atoms in total. The number of aromatic nitrogens is 2. The number of benzene rings is 2. The molecule has 0 saturated heterocycles. The van der Waals surface area contributed by atoms with Crippen LogP contribution >= 0.6 is 11.8 Å². The lowest BCUT2D eigenvalue weighted by Crippen LogP contribution is -2.48. The van der Waals surface area contributed by atoms with E-state index in [4.69, 9.17) is 10.7 Å². The van der Waals surface area contributed by atoms with Gasteiger partial charge in [-0.25, -0.2) is 9.13 Å². The lowest BCUT2D eigenvalue weighted by atomic mass is 9.91. The van der Waals surface area contributed by atoms with Crippen LogP contribution in [0.15, 0.2) is 69.3 Å². The zero-order chi connectivity index (χ0) is 25.4. The molecular formula is C26H27F3N5OS+. The largest absolute Gasteiger partial charge is 0.416 e. The van der Waals surface area contributed by atoms with Gasteiger partial charge in [0.1, 0.15) is 16.6 Å². The molecule has 188 valence electrons. The molecule has 2 aliphatic rings. The van der Waals surface area contributed by atoms with Gasteiger partial charge in [-0.3, -0.25) is 15.1 Å². The van der Waals surface area contributed by atoms with Crippen LogP contribution in [0.3, 0.4) is 0 Å². The van der Waals surface area contributed by atoms with Gasteiger partial charge in [-0.1, -0.05) is 54.9 Å². The third-order valence-electron chi connectivity index (χ3n) is 6.81. The standard InChI is InChI=1S/C26H26F3N5OS/c1-33-24(35)21(22(30)34-20-10-6-5-9-19(20)32-25(33)34)23(36-18-7-3-2-4-8-18)31-15-16-11-13-17(14-12-16)26(27,28)29/h2-4,7-8,11-14,19-20H,5-6,9-10,15H2,1H3,(H2,30,31,35)/p+1. The quantitative estimate of drug-likeness (QED) is 0.224. The van der Waals surface area contributed by atoms with E-state index in [0.717, 1.165) is 42.7 Å². The second kappa shape index (κ2) is 9.65. The lowest BCUT2D eigenvalue weighted by molar-refractivity contribution is -0.691. The predicted molar refractivity (Wildman–Crippen MR) is 135 cm³/mol. The van der Waals surface area contributed by atoms with Crippen molar-refractivity contribution in [3.63, 3.8) is 0 Å². The smallest absolute Gasteiger partial charge is 0.334 e. The Bertz CT molecular complexity index is 1350.